The average Bonchev–Trinajstić information content (AvgIpc) is 3.29. The van der Waals surface area contributed by atoms with Gasteiger partial charge in [0.1, 0.15) is 6.67 Å². The number of rotatable bonds is 7. The van der Waals surface area contributed by atoms with E-state index in [1.165, 1.54) is 6.07 Å². The van der Waals surface area contributed by atoms with Crippen molar-refractivity contribution in [3.8, 4) is 11.5 Å². The Morgan fingerprint density at radius 1 is 1.05 bits per heavy atom. The first-order chi connectivity index (χ1) is 19.3. The van der Waals surface area contributed by atoms with Crippen LogP contribution in [0.4, 0.5) is 36.8 Å². The van der Waals surface area contributed by atoms with E-state index in [0.717, 1.165) is 43.5 Å². The molecule has 14 heteroatoms. The maximum Gasteiger partial charge on any atom is 0.490 e. The van der Waals surface area contributed by atoms with E-state index in [-0.39, 0.29) is 23.2 Å². The number of nitrogens with zero attached hydrogens (tertiary/aromatic N) is 1. The van der Waals surface area contributed by atoms with E-state index >= 15 is 0 Å². The third kappa shape index (κ3) is 7.54. The Bertz CT molecular complexity index is 1230. The number of hydrogen-bond acceptors (Lipinski definition) is 5. The topological polar surface area (TPSA) is 100 Å². The standard InChI is InChI=1S/C25H30F3N3O3.C2HF3O2/c1-33-21-6-3-16(13-22(21)34-2)25-8-7-18(15-23(25)31(11-9-25)12-10-26)30-24(32)29-17-4-5-19(27)20(28)14-17;3-2(4,5)1(6)7/h3-6,13-14,18,23H,7-12,15H2,1-2H3,(H2,29,30,32);(H,6,7)/t18-,23+,25+;/m1./s1. The van der Waals surface area contributed by atoms with Gasteiger partial charge in [0.25, 0.3) is 0 Å². The number of halogens is 6. The molecular formula is C27H31F6N3O5. The molecule has 1 saturated heterocycles. The lowest BCUT2D eigenvalue weighted by molar-refractivity contribution is -0.192. The maximum absolute atomic E-state index is 13.5. The average molecular weight is 592 g/mol. The molecule has 1 aliphatic heterocycles. The molecule has 8 nitrogen and oxygen atoms in total. The van der Waals surface area contributed by atoms with Crippen LogP contribution < -0.4 is 20.1 Å². The lowest BCUT2D eigenvalue weighted by atomic mass is 9.65. The molecule has 2 aliphatic rings. The monoisotopic (exact) mass is 591 g/mol. The zero-order chi connectivity index (χ0) is 30.4. The lowest BCUT2D eigenvalue weighted by Crippen LogP contribution is -2.53. The molecule has 41 heavy (non-hydrogen) atoms. The highest BCUT2D eigenvalue weighted by Crippen LogP contribution is 2.50. The molecular weight excluding hydrogens is 560 g/mol. The van der Waals surface area contributed by atoms with Gasteiger partial charge in [-0.05, 0) is 62.1 Å². The minimum absolute atomic E-state index is 0.0451. The third-order valence-corrected chi connectivity index (χ3v) is 7.46. The Labute approximate surface area is 232 Å². The van der Waals surface area contributed by atoms with Gasteiger partial charge in [0.15, 0.2) is 23.1 Å². The minimum Gasteiger partial charge on any atom is -0.493 e. The third-order valence-electron chi connectivity index (χ3n) is 7.46. The summed E-state index contributed by atoms with van der Waals surface area (Å²) in [6, 6.07) is 8.61. The summed E-state index contributed by atoms with van der Waals surface area (Å²) in [4.78, 5) is 23.6. The summed E-state index contributed by atoms with van der Waals surface area (Å²) < 4.78 is 82.6. The van der Waals surface area contributed by atoms with Gasteiger partial charge in [-0.1, -0.05) is 6.07 Å². The minimum atomic E-state index is -5.08. The number of alkyl halides is 4. The number of urea groups is 1. The van der Waals surface area contributed by atoms with Gasteiger partial charge in [-0.2, -0.15) is 13.2 Å². The SMILES string of the molecule is COc1ccc([C@@]23CC[C@@H](NC(=O)Nc4ccc(F)c(F)c4)C[C@@H]2N(CCF)CC3)cc1OC.O=C(O)C(F)(F)F. The number of methoxy groups -OCH3 is 2. The number of benzene rings is 2. The molecule has 1 aliphatic carbocycles. The summed E-state index contributed by atoms with van der Waals surface area (Å²) >= 11 is 0. The largest absolute Gasteiger partial charge is 0.493 e. The first-order valence-corrected chi connectivity index (χ1v) is 12.7. The van der Waals surface area contributed by atoms with Gasteiger partial charge in [0, 0.05) is 35.8 Å². The fourth-order valence-electron chi connectivity index (χ4n) is 5.56. The van der Waals surface area contributed by atoms with Crippen molar-refractivity contribution in [3.05, 3.63) is 53.6 Å². The summed E-state index contributed by atoms with van der Waals surface area (Å²) in [6.45, 7) is 0.678. The Kier molecular flexibility index (Phi) is 10.3. The number of fused-ring (bicyclic) bond motifs is 1. The smallest absolute Gasteiger partial charge is 0.490 e. The second-order valence-electron chi connectivity index (χ2n) is 9.72. The first-order valence-electron chi connectivity index (χ1n) is 12.7. The van der Waals surface area contributed by atoms with Crippen LogP contribution in [0.3, 0.4) is 0 Å². The fraction of sp³-hybridized carbons (Fsp3) is 0.481. The number of amides is 2. The predicted octanol–water partition coefficient (Wildman–Crippen LogP) is 5.27. The first kappa shape index (κ1) is 31.8. The van der Waals surface area contributed by atoms with Crippen LogP contribution in [-0.2, 0) is 10.2 Å². The lowest BCUT2D eigenvalue weighted by Gasteiger charge is -2.45. The summed E-state index contributed by atoms with van der Waals surface area (Å²) in [7, 11) is 3.20. The van der Waals surface area contributed by atoms with Crippen LogP contribution in [-0.4, -0.2) is 74.3 Å². The van der Waals surface area contributed by atoms with Crippen LogP contribution in [0.25, 0.3) is 0 Å². The molecule has 2 fully saturated rings. The molecule has 4 rings (SSSR count). The number of hydrogen-bond donors (Lipinski definition) is 3. The van der Waals surface area contributed by atoms with Crippen LogP contribution >= 0.6 is 0 Å². The molecule has 3 atom stereocenters. The summed E-state index contributed by atoms with van der Waals surface area (Å²) in [5.74, 6) is -3.44. The van der Waals surface area contributed by atoms with E-state index in [2.05, 4.69) is 21.6 Å². The van der Waals surface area contributed by atoms with Gasteiger partial charge < -0.3 is 25.2 Å². The number of anilines is 1. The molecule has 1 heterocycles. The van der Waals surface area contributed by atoms with Crippen molar-refractivity contribution in [2.24, 2.45) is 0 Å². The van der Waals surface area contributed by atoms with E-state index in [9.17, 15) is 31.1 Å². The highest BCUT2D eigenvalue weighted by Gasteiger charge is 2.51. The Balaban J connectivity index is 0.000000587. The van der Waals surface area contributed by atoms with E-state index in [1.54, 1.807) is 14.2 Å². The van der Waals surface area contributed by atoms with Crippen LogP contribution in [0, 0.1) is 11.6 Å². The van der Waals surface area contributed by atoms with Crippen molar-refractivity contribution in [1.29, 1.82) is 0 Å². The van der Waals surface area contributed by atoms with Gasteiger partial charge in [0.2, 0.25) is 0 Å². The van der Waals surface area contributed by atoms with E-state index < -0.39 is 36.5 Å². The zero-order valence-electron chi connectivity index (χ0n) is 22.4. The zero-order valence-corrected chi connectivity index (χ0v) is 22.4. The van der Waals surface area contributed by atoms with Gasteiger partial charge >= 0.3 is 18.2 Å². The molecule has 0 spiro atoms. The molecule has 0 bridgehead atoms. The quantitative estimate of drug-likeness (QED) is 0.380. The summed E-state index contributed by atoms with van der Waals surface area (Å²) in [5.41, 5.74) is 1.12. The molecule has 2 aromatic carbocycles. The van der Waals surface area contributed by atoms with E-state index in [0.29, 0.717) is 24.5 Å². The molecule has 2 aromatic rings. The molecule has 2 amide bonds. The summed E-state index contributed by atoms with van der Waals surface area (Å²) in [6.07, 6.45) is -1.99. The van der Waals surface area contributed by atoms with Crippen LogP contribution in [0.1, 0.15) is 31.2 Å². The number of carboxylic acids is 1. The number of aliphatic carboxylic acids is 1. The number of nitrogens with one attached hydrogen (secondary N) is 2. The molecule has 226 valence electrons. The highest BCUT2D eigenvalue weighted by molar-refractivity contribution is 5.89. The van der Waals surface area contributed by atoms with Crippen LogP contribution in [0.5, 0.6) is 11.5 Å². The van der Waals surface area contributed by atoms with E-state index in [1.807, 2.05) is 12.1 Å². The van der Waals surface area contributed by atoms with Crippen molar-refractivity contribution in [3.63, 3.8) is 0 Å². The Morgan fingerprint density at radius 3 is 2.32 bits per heavy atom. The number of carbonyl (C=O) groups excluding carboxylic acids is 1. The fourth-order valence-corrected chi connectivity index (χ4v) is 5.56. The van der Waals surface area contributed by atoms with Crippen molar-refractivity contribution in [2.45, 2.75) is 49.4 Å². The Hall–Kier alpha value is -3.68. The number of carbonyl (C=O) groups is 2. The summed E-state index contributed by atoms with van der Waals surface area (Å²) in [5, 5.41) is 12.6. The van der Waals surface area contributed by atoms with Crippen molar-refractivity contribution in [2.75, 3.05) is 39.3 Å². The van der Waals surface area contributed by atoms with Crippen molar-refractivity contribution >= 4 is 17.7 Å². The number of ether oxygens (including phenoxy) is 2. The second kappa shape index (κ2) is 13.3. The molecule has 0 aromatic heterocycles. The van der Waals surface area contributed by atoms with Crippen molar-refractivity contribution < 1.29 is 50.5 Å². The predicted molar refractivity (Wildman–Crippen MR) is 137 cm³/mol. The normalized spacial score (nSPS) is 22.1. The number of carboxylic acid groups (broad SMARTS) is 1. The molecule has 0 radical (unpaired) electrons. The highest BCUT2D eigenvalue weighted by atomic mass is 19.4. The van der Waals surface area contributed by atoms with Crippen LogP contribution in [0.15, 0.2) is 36.4 Å². The van der Waals surface area contributed by atoms with Crippen molar-refractivity contribution in [1.82, 2.24) is 10.2 Å². The second-order valence-corrected chi connectivity index (χ2v) is 9.72. The van der Waals surface area contributed by atoms with E-state index in [4.69, 9.17) is 19.4 Å². The van der Waals surface area contributed by atoms with Gasteiger partial charge in [-0.3, -0.25) is 4.90 Å². The molecule has 1 saturated carbocycles. The van der Waals surface area contributed by atoms with Gasteiger partial charge in [-0.15, -0.1) is 0 Å². The molecule has 0 unspecified atom stereocenters. The van der Waals surface area contributed by atoms with Crippen LogP contribution in [0.2, 0.25) is 0 Å². The number of likely N-dealkylation sites (tertiary alicyclic amines) is 1. The van der Waals surface area contributed by atoms with Gasteiger partial charge in [0.05, 0.1) is 14.2 Å². The van der Waals surface area contributed by atoms with Gasteiger partial charge in [-0.25, -0.2) is 22.8 Å². The maximum atomic E-state index is 13.5. The molecule has 3 N–H and O–H groups in total. The Morgan fingerprint density at radius 2 is 1.73 bits per heavy atom.